The fraction of sp³-hybridized carbons (Fsp3) is 0.450. The highest BCUT2D eigenvalue weighted by atomic mass is 127. The highest BCUT2D eigenvalue weighted by molar-refractivity contribution is 14.1. The number of halogens is 1. The van der Waals surface area contributed by atoms with Crippen LogP contribution < -0.4 is 10.1 Å². The molecular formula is C20H23IN2O5S. The summed E-state index contributed by atoms with van der Waals surface area (Å²) in [6, 6.07) is 8.31. The van der Waals surface area contributed by atoms with Gasteiger partial charge in [0, 0.05) is 10.2 Å². The molecule has 2 atom stereocenters. The van der Waals surface area contributed by atoms with Crippen molar-refractivity contribution in [2.45, 2.75) is 37.8 Å². The molecule has 0 radical (unpaired) electrons. The van der Waals surface area contributed by atoms with Crippen LogP contribution in [0, 0.1) is 0 Å². The molecule has 2 heterocycles. The van der Waals surface area contributed by atoms with Crippen molar-refractivity contribution in [1.82, 2.24) is 10.2 Å². The zero-order chi connectivity index (χ0) is 21.2. The minimum absolute atomic E-state index is 0.182. The average molecular weight is 530 g/mol. The number of fused-ring (bicyclic) bond motifs is 1. The van der Waals surface area contributed by atoms with Crippen LogP contribution in [-0.2, 0) is 19.1 Å². The van der Waals surface area contributed by atoms with Crippen LogP contribution in [0.25, 0.3) is 0 Å². The van der Waals surface area contributed by atoms with Gasteiger partial charge in [0.25, 0.3) is 11.8 Å². The number of nitrogens with zero attached hydrogens (tertiary/aromatic N) is 1. The van der Waals surface area contributed by atoms with Crippen molar-refractivity contribution in [3.8, 4) is 5.75 Å². The average Bonchev–Trinajstić information content (AvgIpc) is 2.68. The van der Waals surface area contributed by atoms with Crippen molar-refractivity contribution in [2.75, 3.05) is 16.8 Å². The van der Waals surface area contributed by atoms with E-state index in [2.05, 4.69) is 27.9 Å². The standard InChI is InChI=1S/C20H23IN2O5S/c1-20(2,3)28-19(26)16-12(9-21)11-29-18-15(17(25)23(16)18)22-14(24)10-27-13-7-5-4-6-8-13/h4-8,15,18H,9-11H2,1-3H3,(H,22,24)/t15-,18-/m0/s1. The number of hydrogen-bond acceptors (Lipinski definition) is 6. The topological polar surface area (TPSA) is 84.9 Å². The SMILES string of the molecule is CC(C)(C)OC(=O)C1=C(CI)CS[C@H]2[C@@H](NC(=O)COc3ccccc3)C(=O)N12. The molecule has 0 saturated carbocycles. The minimum atomic E-state index is -0.680. The predicted octanol–water partition coefficient (Wildman–Crippen LogP) is 2.50. The van der Waals surface area contributed by atoms with E-state index in [4.69, 9.17) is 9.47 Å². The smallest absolute Gasteiger partial charge is 0.355 e. The third-order valence-corrected chi connectivity index (χ3v) is 6.49. The van der Waals surface area contributed by atoms with E-state index < -0.39 is 17.6 Å². The van der Waals surface area contributed by atoms with Gasteiger partial charge in [-0.05, 0) is 38.5 Å². The quantitative estimate of drug-likeness (QED) is 0.264. The Morgan fingerprint density at radius 3 is 2.59 bits per heavy atom. The maximum absolute atomic E-state index is 12.8. The summed E-state index contributed by atoms with van der Waals surface area (Å²) in [4.78, 5) is 39.2. The number of para-hydroxylation sites is 1. The maximum Gasteiger partial charge on any atom is 0.355 e. The molecule has 1 aromatic carbocycles. The molecular weight excluding hydrogens is 507 g/mol. The molecule has 0 unspecified atom stereocenters. The van der Waals surface area contributed by atoms with Gasteiger partial charge in [0.1, 0.15) is 28.5 Å². The molecule has 0 spiro atoms. The van der Waals surface area contributed by atoms with E-state index in [1.807, 2.05) is 18.2 Å². The number of ether oxygens (including phenoxy) is 2. The summed E-state index contributed by atoms with van der Waals surface area (Å²) in [5.74, 6) is 0.00488. The van der Waals surface area contributed by atoms with Gasteiger partial charge in [-0.2, -0.15) is 0 Å². The molecule has 0 aromatic heterocycles. The van der Waals surface area contributed by atoms with E-state index in [1.165, 1.54) is 16.7 Å². The maximum atomic E-state index is 12.8. The van der Waals surface area contributed by atoms with Gasteiger partial charge >= 0.3 is 5.97 Å². The summed E-state index contributed by atoms with van der Waals surface area (Å²) in [5, 5.41) is 2.40. The van der Waals surface area contributed by atoms with Crippen LogP contribution in [0.4, 0.5) is 0 Å². The molecule has 29 heavy (non-hydrogen) atoms. The van der Waals surface area contributed by atoms with Crippen LogP contribution in [0.3, 0.4) is 0 Å². The molecule has 2 aliphatic rings. The van der Waals surface area contributed by atoms with Crippen LogP contribution in [0.1, 0.15) is 20.8 Å². The molecule has 1 saturated heterocycles. The van der Waals surface area contributed by atoms with Gasteiger partial charge in [-0.25, -0.2) is 4.79 Å². The van der Waals surface area contributed by atoms with Crippen LogP contribution in [0.2, 0.25) is 0 Å². The third-order valence-electron chi connectivity index (χ3n) is 4.23. The number of β-lactam (4-membered cyclic amide) rings is 1. The number of alkyl halides is 1. The van der Waals surface area contributed by atoms with Crippen molar-refractivity contribution in [2.24, 2.45) is 0 Å². The highest BCUT2D eigenvalue weighted by Gasteiger charge is 2.54. The van der Waals surface area contributed by atoms with E-state index in [0.717, 1.165) is 5.57 Å². The van der Waals surface area contributed by atoms with Crippen LogP contribution >= 0.6 is 34.4 Å². The second-order valence-electron chi connectivity index (χ2n) is 7.64. The van der Waals surface area contributed by atoms with Crippen LogP contribution in [-0.4, -0.2) is 56.5 Å². The van der Waals surface area contributed by atoms with Gasteiger partial charge < -0.3 is 14.8 Å². The fourth-order valence-corrected chi connectivity index (χ4v) is 5.32. The molecule has 1 N–H and O–H groups in total. The predicted molar refractivity (Wildman–Crippen MR) is 119 cm³/mol. The number of esters is 1. The highest BCUT2D eigenvalue weighted by Crippen LogP contribution is 2.41. The van der Waals surface area contributed by atoms with Crippen molar-refractivity contribution in [3.05, 3.63) is 41.6 Å². The summed E-state index contributed by atoms with van der Waals surface area (Å²) in [5.41, 5.74) is 0.525. The zero-order valence-corrected chi connectivity index (χ0v) is 19.4. The van der Waals surface area contributed by atoms with Gasteiger partial charge in [-0.1, -0.05) is 40.8 Å². The van der Waals surface area contributed by atoms with E-state index in [9.17, 15) is 14.4 Å². The van der Waals surface area contributed by atoms with Crippen LogP contribution in [0.15, 0.2) is 41.6 Å². The Labute approximate surface area is 187 Å². The lowest BCUT2D eigenvalue weighted by Crippen LogP contribution is -2.71. The number of carbonyl (C=O) groups excluding carboxylic acids is 3. The lowest BCUT2D eigenvalue weighted by Gasteiger charge is -2.49. The van der Waals surface area contributed by atoms with Crippen molar-refractivity contribution in [1.29, 1.82) is 0 Å². The third kappa shape index (κ3) is 5.06. The molecule has 2 amide bonds. The Bertz CT molecular complexity index is 837. The zero-order valence-electron chi connectivity index (χ0n) is 16.4. The lowest BCUT2D eigenvalue weighted by atomic mass is 10.0. The normalized spacial score (nSPS) is 21.2. The summed E-state index contributed by atoms with van der Waals surface area (Å²) in [6.45, 7) is 5.19. The minimum Gasteiger partial charge on any atom is -0.484 e. The first-order valence-electron chi connectivity index (χ1n) is 9.14. The summed E-state index contributed by atoms with van der Waals surface area (Å²) >= 11 is 3.71. The van der Waals surface area contributed by atoms with E-state index in [1.54, 1.807) is 32.9 Å². The number of thioether (sulfide) groups is 1. The Morgan fingerprint density at radius 1 is 1.28 bits per heavy atom. The first kappa shape index (κ1) is 21.9. The molecule has 3 rings (SSSR count). The molecule has 0 aliphatic carbocycles. The monoisotopic (exact) mass is 530 g/mol. The molecule has 9 heteroatoms. The lowest BCUT2D eigenvalue weighted by molar-refractivity contribution is -0.159. The van der Waals surface area contributed by atoms with Gasteiger partial charge in [-0.3, -0.25) is 14.5 Å². The van der Waals surface area contributed by atoms with Gasteiger partial charge in [0.05, 0.1) is 0 Å². The molecule has 156 valence electrons. The van der Waals surface area contributed by atoms with E-state index in [0.29, 0.717) is 21.6 Å². The van der Waals surface area contributed by atoms with E-state index >= 15 is 0 Å². The number of nitrogens with one attached hydrogen (secondary N) is 1. The summed E-state index contributed by atoms with van der Waals surface area (Å²) in [6.07, 6.45) is 0. The first-order valence-corrected chi connectivity index (χ1v) is 11.7. The molecule has 1 aromatic rings. The number of hydrogen-bond donors (Lipinski definition) is 1. The van der Waals surface area contributed by atoms with Crippen molar-refractivity contribution in [3.63, 3.8) is 0 Å². The first-order chi connectivity index (χ1) is 13.7. The Kier molecular flexibility index (Phi) is 6.77. The Balaban J connectivity index is 1.65. The number of rotatable bonds is 6. The summed E-state index contributed by atoms with van der Waals surface area (Å²) in [7, 11) is 0. The Hall–Kier alpha value is -1.75. The largest absolute Gasteiger partial charge is 0.484 e. The Morgan fingerprint density at radius 2 is 1.97 bits per heavy atom. The molecule has 0 bridgehead atoms. The van der Waals surface area contributed by atoms with Crippen LogP contribution in [0.5, 0.6) is 5.75 Å². The molecule has 7 nitrogen and oxygen atoms in total. The molecule has 1 fully saturated rings. The van der Waals surface area contributed by atoms with Gasteiger partial charge in [0.2, 0.25) is 0 Å². The van der Waals surface area contributed by atoms with Crippen molar-refractivity contribution >= 4 is 52.1 Å². The second-order valence-corrected chi connectivity index (χ2v) is 9.51. The second kappa shape index (κ2) is 8.95. The summed E-state index contributed by atoms with van der Waals surface area (Å²) < 4.78 is 11.6. The van der Waals surface area contributed by atoms with Gasteiger partial charge in [-0.15, -0.1) is 11.8 Å². The van der Waals surface area contributed by atoms with Crippen molar-refractivity contribution < 1.29 is 23.9 Å². The fourth-order valence-electron chi connectivity index (χ4n) is 2.98. The van der Waals surface area contributed by atoms with Gasteiger partial charge in [0.15, 0.2) is 6.61 Å². The van der Waals surface area contributed by atoms with E-state index in [-0.39, 0.29) is 23.8 Å². The number of benzene rings is 1. The number of amides is 2. The number of carbonyl (C=O) groups is 3. The molecule has 2 aliphatic heterocycles.